The number of thioether (sulfide) groups is 1. The molecule has 2 aromatic rings. The monoisotopic (exact) mass is 356 g/mol. The normalized spacial score (nSPS) is 16.2. The number of hydrogen-bond acceptors (Lipinski definition) is 4. The van der Waals surface area contributed by atoms with Gasteiger partial charge in [0.1, 0.15) is 0 Å². The summed E-state index contributed by atoms with van der Waals surface area (Å²) in [6, 6.07) is 16.2. The lowest BCUT2D eigenvalue weighted by molar-refractivity contribution is -0.114. The largest absolute Gasteiger partial charge is 0.292 e. The molecular weight excluding hydrogens is 344 g/mol. The van der Waals surface area contributed by atoms with Crippen molar-refractivity contribution in [2.75, 3.05) is 5.01 Å². The van der Waals surface area contributed by atoms with Gasteiger partial charge in [-0.3, -0.25) is 9.59 Å². The molecule has 0 radical (unpaired) electrons. The zero-order valence-electron chi connectivity index (χ0n) is 12.8. The van der Waals surface area contributed by atoms with E-state index in [1.165, 1.54) is 11.9 Å². The van der Waals surface area contributed by atoms with Crippen molar-refractivity contribution in [3.63, 3.8) is 0 Å². The summed E-state index contributed by atoms with van der Waals surface area (Å²) in [5.41, 5.74) is 1.44. The van der Waals surface area contributed by atoms with Crippen molar-refractivity contribution in [3.8, 4) is 0 Å². The van der Waals surface area contributed by atoms with Gasteiger partial charge in [0.15, 0.2) is 10.8 Å². The number of halogens is 1. The molecule has 0 unspecified atom stereocenters. The molecule has 0 spiro atoms. The summed E-state index contributed by atoms with van der Waals surface area (Å²) >= 11 is 6.98. The summed E-state index contributed by atoms with van der Waals surface area (Å²) in [6.07, 6.45) is 1.76. The van der Waals surface area contributed by atoms with Gasteiger partial charge in [-0.05, 0) is 35.9 Å². The maximum atomic E-state index is 12.8. The number of benzene rings is 2. The van der Waals surface area contributed by atoms with Crippen molar-refractivity contribution in [1.29, 1.82) is 0 Å². The smallest absolute Gasteiger partial charge is 0.285 e. The molecule has 2 aromatic carbocycles. The van der Waals surface area contributed by atoms with Crippen molar-refractivity contribution in [2.24, 2.45) is 5.10 Å². The van der Waals surface area contributed by atoms with Crippen molar-refractivity contribution in [1.82, 2.24) is 0 Å². The summed E-state index contributed by atoms with van der Waals surface area (Å²) in [5.74, 6) is -0.471. The van der Waals surface area contributed by atoms with Gasteiger partial charge in [0, 0.05) is 11.9 Å². The molecule has 24 heavy (non-hydrogen) atoms. The third-order valence-corrected chi connectivity index (χ3v) is 4.60. The number of nitrogens with zero attached hydrogens (tertiary/aromatic N) is 2. The van der Waals surface area contributed by atoms with Crippen LogP contribution in [0.1, 0.15) is 12.5 Å². The molecule has 6 heteroatoms. The molecule has 1 aliphatic heterocycles. The van der Waals surface area contributed by atoms with E-state index in [1.807, 2.05) is 30.3 Å². The second kappa shape index (κ2) is 7.03. The topological polar surface area (TPSA) is 49.7 Å². The van der Waals surface area contributed by atoms with Crippen molar-refractivity contribution < 1.29 is 9.59 Å². The lowest BCUT2D eigenvalue weighted by Crippen LogP contribution is -2.32. The predicted octanol–water partition coefficient (Wildman–Crippen LogP) is 4.36. The molecule has 0 N–H and O–H groups in total. The standard InChI is InChI=1S/C18H13ClN2O2S/c1-12(22)17-20-21(15-9-7-14(19)8-10-15)18(23)16(24-17)11-13-5-3-2-4-6-13/h2-11H,1H3. The zero-order valence-corrected chi connectivity index (χ0v) is 14.3. The van der Waals surface area contributed by atoms with E-state index in [0.29, 0.717) is 15.6 Å². The van der Waals surface area contributed by atoms with Gasteiger partial charge in [0.25, 0.3) is 5.91 Å². The minimum Gasteiger partial charge on any atom is -0.292 e. The SMILES string of the molecule is CC(=O)C1=NN(c2ccc(Cl)cc2)C(=O)C(=Cc2ccccc2)S1. The van der Waals surface area contributed by atoms with E-state index >= 15 is 0 Å². The molecule has 0 saturated carbocycles. The van der Waals surface area contributed by atoms with Gasteiger partial charge in [0.2, 0.25) is 0 Å². The van der Waals surface area contributed by atoms with Crippen LogP contribution in [0.2, 0.25) is 5.02 Å². The van der Waals surface area contributed by atoms with Crippen LogP contribution in [0.4, 0.5) is 5.69 Å². The first-order valence-electron chi connectivity index (χ1n) is 7.19. The number of anilines is 1. The Balaban J connectivity index is 2.03. The van der Waals surface area contributed by atoms with Gasteiger partial charge in [0.05, 0.1) is 10.6 Å². The minimum absolute atomic E-state index is 0.189. The Kier molecular flexibility index (Phi) is 4.83. The molecule has 0 aliphatic carbocycles. The molecule has 0 aromatic heterocycles. The predicted molar refractivity (Wildman–Crippen MR) is 99.1 cm³/mol. The molecule has 3 rings (SSSR count). The van der Waals surface area contributed by atoms with Crippen molar-refractivity contribution in [3.05, 3.63) is 70.1 Å². The van der Waals surface area contributed by atoms with E-state index in [4.69, 9.17) is 11.6 Å². The fraction of sp³-hybridized carbons (Fsp3) is 0.0556. The van der Waals surface area contributed by atoms with Crippen LogP contribution in [0, 0.1) is 0 Å². The Morgan fingerprint density at radius 1 is 1.12 bits per heavy atom. The number of amides is 1. The van der Waals surface area contributed by atoms with Crippen LogP contribution >= 0.6 is 23.4 Å². The molecule has 1 heterocycles. The third-order valence-electron chi connectivity index (χ3n) is 3.27. The van der Waals surface area contributed by atoms with Gasteiger partial charge in [-0.25, -0.2) is 0 Å². The number of Topliss-reactive ketones (excluding diaryl/α,β-unsaturated/α-hetero) is 1. The number of carbonyl (C=O) groups excluding carboxylic acids is 2. The fourth-order valence-corrected chi connectivity index (χ4v) is 3.07. The first-order valence-corrected chi connectivity index (χ1v) is 8.38. The molecular formula is C18H13ClN2O2S. The second-order valence-electron chi connectivity index (χ2n) is 5.08. The molecule has 0 atom stereocenters. The third kappa shape index (κ3) is 3.58. The Bertz CT molecular complexity index is 845. The van der Waals surface area contributed by atoms with E-state index in [0.717, 1.165) is 17.3 Å². The Morgan fingerprint density at radius 3 is 2.42 bits per heavy atom. The first-order chi connectivity index (χ1) is 11.5. The number of rotatable bonds is 3. The molecule has 4 nitrogen and oxygen atoms in total. The van der Waals surface area contributed by atoms with E-state index in [1.54, 1.807) is 30.3 Å². The van der Waals surface area contributed by atoms with E-state index in [-0.39, 0.29) is 16.7 Å². The zero-order chi connectivity index (χ0) is 17.1. The van der Waals surface area contributed by atoms with Crippen LogP contribution in [-0.4, -0.2) is 16.7 Å². The summed E-state index contributed by atoms with van der Waals surface area (Å²) in [6.45, 7) is 1.43. The molecule has 0 saturated heterocycles. The second-order valence-corrected chi connectivity index (χ2v) is 6.54. The summed E-state index contributed by atoms with van der Waals surface area (Å²) in [4.78, 5) is 25.0. The van der Waals surface area contributed by atoms with E-state index in [2.05, 4.69) is 5.10 Å². The molecule has 0 fully saturated rings. The van der Waals surface area contributed by atoms with Gasteiger partial charge in [-0.15, -0.1) is 0 Å². The van der Waals surface area contributed by atoms with E-state index in [9.17, 15) is 9.59 Å². The van der Waals surface area contributed by atoms with Gasteiger partial charge in [-0.2, -0.15) is 10.1 Å². The molecule has 120 valence electrons. The number of hydrogen-bond donors (Lipinski definition) is 0. The van der Waals surface area contributed by atoms with Crippen molar-refractivity contribution in [2.45, 2.75) is 6.92 Å². The quantitative estimate of drug-likeness (QED) is 0.767. The number of ketones is 1. The average molecular weight is 357 g/mol. The highest BCUT2D eigenvalue weighted by Crippen LogP contribution is 2.32. The lowest BCUT2D eigenvalue weighted by Gasteiger charge is -2.24. The Morgan fingerprint density at radius 2 is 1.79 bits per heavy atom. The van der Waals surface area contributed by atoms with Gasteiger partial charge >= 0.3 is 0 Å². The Labute approximate surface area is 148 Å². The van der Waals surface area contributed by atoms with Gasteiger partial charge < -0.3 is 0 Å². The average Bonchev–Trinajstić information content (AvgIpc) is 2.58. The Hall–Kier alpha value is -2.37. The van der Waals surface area contributed by atoms with Crippen molar-refractivity contribution >= 4 is 51.9 Å². The van der Waals surface area contributed by atoms with Gasteiger partial charge in [-0.1, -0.05) is 53.7 Å². The fourth-order valence-electron chi connectivity index (χ4n) is 2.10. The van der Waals surface area contributed by atoms with Crippen LogP contribution < -0.4 is 5.01 Å². The summed E-state index contributed by atoms with van der Waals surface area (Å²) < 4.78 is 0. The van der Waals surface area contributed by atoms with Crippen LogP contribution in [0.3, 0.4) is 0 Å². The molecule has 1 amide bonds. The summed E-state index contributed by atoms with van der Waals surface area (Å²) in [5, 5.41) is 6.25. The van der Waals surface area contributed by atoms with Crippen LogP contribution in [0.25, 0.3) is 6.08 Å². The highest BCUT2D eigenvalue weighted by Gasteiger charge is 2.29. The van der Waals surface area contributed by atoms with Crippen LogP contribution in [-0.2, 0) is 9.59 Å². The minimum atomic E-state index is -0.281. The van der Waals surface area contributed by atoms with Crippen LogP contribution in [0.5, 0.6) is 0 Å². The van der Waals surface area contributed by atoms with Crippen LogP contribution in [0.15, 0.2) is 64.6 Å². The summed E-state index contributed by atoms with van der Waals surface area (Å²) in [7, 11) is 0. The first kappa shape index (κ1) is 16.5. The molecule has 1 aliphatic rings. The highest BCUT2D eigenvalue weighted by molar-refractivity contribution is 8.19. The maximum Gasteiger partial charge on any atom is 0.285 e. The number of hydrazone groups is 1. The lowest BCUT2D eigenvalue weighted by atomic mass is 10.2. The van der Waals surface area contributed by atoms with E-state index < -0.39 is 0 Å². The maximum absolute atomic E-state index is 12.8. The number of carbonyl (C=O) groups is 2. The highest BCUT2D eigenvalue weighted by atomic mass is 35.5. The molecule has 0 bridgehead atoms.